The molecule has 1 aromatic carbocycles. The van der Waals surface area contributed by atoms with Crippen molar-refractivity contribution in [1.82, 2.24) is 13.8 Å². The molecule has 0 unspecified atom stereocenters. The fourth-order valence-corrected chi connectivity index (χ4v) is 3.91. The molecule has 0 amide bonds. The molecule has 1 aliphatic rings. The Kier molecular flexibility index (Phi) is 5.45. The lowest BCUT2D eigenvalue weighted by Crippen LogP contribution is -2.47. The third-order valence-corrected chi connectivity index (χ3v) is 6.38. The average Bonchev–Trinajstić information content (AvgIpc) is 2.64. The fraction of sp³-hybridized carbons (Fsp3) is 0.389. The van der Waals surface area contributed by atoms with E-state index >= 15 is 0 Å². The van der Waals surface area contributed by atoms with Crippen molar-refractivity contribution in [3.8, 4) is 0 Å². The zero-order chi connectivity index (χ0) is 18.7. The van der Waals surface area contributed by atoms with Gasteiger partial charge in [-0.05, 0) is 18.2 Å². The summed E-state index contributed by atoms with van der Waals surface area (Å²) in [4.78, 5) is 16.7. The highest BCUT2D eigenvalue weighted by atomic mass is 32.2. The van der Waals surface area contributed by atoms with Gasteiger partial charge in [0.15, 0.2) is 0 Å². The van der Waals surface area contributed by atoms with E-state index < -0.39 is 10.0 Å². The smallest absolute Gasteiger partial charge is 0.251 e. The number of aromatic nitrogens is 1. The number of para-hydroxylation sites is 1. The fourth-order valence-electron chi connectivity index (χ4n) is 2.99. The number of rotatable bonds is 5. The van der Waals surface area contributed by atoms with Crippen molar-refractivity contribution in [3.05, 3.63) is 59.0 Å². The third-order valence-electron chi connectivity index (χ3n) is 4.58. The van der Waals surface area contributed by atoms with Gasteiger partial charge < -0.3 is 9.47 Å². The van der Waals surface area contributed by atoms with E-state index in [2.05, 4.69) is 21.9 Å². The molecule has 0 aliphatic carbocycles. The molecule has 0 saturated carbocycles. The molecule has 3 rings (SSSR count). The molecule has 1 saturated heterocycles. The summed E-state index contributed by atoms with van der Waals surface area (Å²) in [5.41, 5.74) is 0.997. The van der Waals surface area contributed by atoms with Crippen LogP contribution in [0.5, 0.6) is 0 Å². The summed E-state index contributed by atoms with van der Waals surface area (Å²) in [6, 6.07) is 12.9. The lowest BCUT2D eigenvalue weighted by atomic mass is 10.2. The van der Waals surface area contributed by atoms with Crippen LogP contribution in [0.15, 0.2) is 58.4 Å². The van der Waals surface area contributed by atoms with E-state index in [0.29, 0.717) is 6.67 Å². The number of nitrogens with zero attached hydrogens (tertiary/aromatic N) is 4. The molecule has 0 N–H and O–H groups in total. The summed E-state index contributed by atoms with van der Waals surface area (Å²) >= 11 is 0. The van der Waals surface area contributed by atoms with Crippen molar-refractivity contribution in [2.45, 2.75) is 11.6 Å². The Morgan fingerprint density at radius 2 is 1.62 bits per heavy atom. The molecule has 0 bridgehead atoms. The number of hydrogen-bond acceptors (Lipinski definition) is 5. The Balaban J connectivity index is 1.70. The first-order valence-corrected chi connectivity index (χ1v) is 9.97. The minimum absolute atomic E-state index is 0.130. The van der Waals surface area contributed by atoms with Crippen molar-refractivity contribution in [3.63, 3.8) is 0 Å². The van der Waals surface area contributed by atoms with Crippen molar-refractivity contribution in [2.75, 3.05) is 45.2 Å². The monoisotopic (exact) mass is 376 g/mol. The summed E-state index contributed by atoms with van der Waals surface area (Å²) < 4.78 is 27.2. The number of anilines is 1. The van der Waals surface area contributed by atoms with Crippen LogP contribution in [0.4, 0.5) is 5.69 Å². The first kappa shape index (κ1) is 18.6. The van der Waals surface area contributed by atoms with E-state index in [0.717, 1.165) is 30.5 Å². The van der Waals surface area contributed by atoms with Crippen molar-refractivity contribution in [1.29, 1.82) is 0 Å². The SMILES string of the molecule is CN(C)S(=O)(=O)c1ccc(=O)n(CN2CCN(c3ccccc3)CC2)c1. The van der Waals surface area contributed by atoms with Gasteiger partial charge in [-0.3, -0.25) is 9.69 Å². The van der Waals surface area contributed by atoms with Crippen LogP contribution in [-0.2, 0) is 16.7 Å². The molecule has 140 valence electrons. The van der Waals surface area contributed by atoms with Gasteiger partial charge in [0.1, 0.15) is 0 Å². The third kappa shape index (κ3) is 3.98. The number of pyridine rings is 1. The van der Waals surface area contributed by atoms with Gasteiger partial charge in [-0.25, -0.2) is 12.7 Å². The summed E-state index contributed by atoms with van der Waals surface area (Å²) in [5.74, 6) is 0. The second-order valence-corrected chi connectivity index (χ2v) is 8.69. The standard InChI is InChI=1S/C18H24N4O3S/c1-19(2)26(24,25)17-8-9-18(23)22(14-17)15-20-10-12-21(13-11-20)16-6-4-3-5-7-16/h3-9,14H,10-13,15H2,1-2H3. The maximum absolute atomic E-state index is 12.3. The molecule has 0 radical (unpaired) electrons. The lowest BCUT2D eigenvalue weighted by Gasteiger charge is -2.36. The molecule has 8 heteroatoms. The zero-order valence-corrected chi connectivity index (χ0v) is 15.9. The predicted molar refractivity (Wildman–Crippen MR) is 102 cm³/mol. The minimum Gasteiger partial charge on any atom is -0.369 e. The summed E-state index contributed by atoms with van der Waals surface area (Å²) in [7, 11) is -0.595. The highest BCUT2D eigenvalue weighted by Crippen LogP contribution is 2.16. The van der Waals surface area contributed by atoms with Gasteiger partial charge in [0.2, 0.25) is 10.0 Å². The molecule has 2 heterocycles. The molecular weight excluding hydrogens is 352 g/mol. The van der Waals surface area contributed by atoms with E-state index in [4.69, 9.17) is 0 Å². The van der Waals surface area contributed by atoms with Gasteiger partial charge in [-0.2, -0.15) is 0 Å². The Morgan fingerprint density at radius 3 is 2.23 bits per heavy atom. The predicted octanol–water partition coefficient (Wildman–Crippen LogP) is 0.878. The highest BCUT2D eigenvalue weighted by Gasteiger charge is 2.20. The minimum atomic E-state index is -3.55. The number of sulfonamides is 1. The molecule has 0 atom stereocenters. The average molecular weight is 376 g/mol. The summed E-state index contributed by atoms with van der Waals surface area (Å²) in [6.45, 7) is 3.75. The lowest BCUT2D eigenvalue weighted by molar-refractivity contribution is 0.202. The second-order valence-electron chi connectivity index (χ2n) is 6.54. The van der Waals surface area contributed by atoms with Crippen molar-refractivity contribution >= 4 is 15.7 Å². The van der Waals surface area contributed by atoms with Gasteiger partial charge >= 0.3 is 0 Å². The van der Waals surface area contributed by atoms with Gasteiger partial charge in [0.25, 0.3) is 5.56 Å². The molecule has 26 heavy (non-hydrogen) atoms. The molecule has 7 nitrogen and oxygen atoms in total. The molecule has 2 aromatic rings. The van der Waals surface area contributed by atoms with Crippen LogP contribution in [0.1, 0.15) is 0 Å². The molecule has 1 aliphatic heterocycles. The Bertz CT molecular complexity index is 902. The summed E-state index contributed by atoms with van der Waals surface area (Å²) in [6.07, 6.45) is 1.43. The first-order chi connectivity index (χ1) is 12.4. The maximum Gasteiger partial charge on any atom is 0.251 e. The van der Waals surface area contributed by atoms with Crippen LogP contribution in [0.25, 0.3) is 0 Å². The quantitative estimate of drug-likeness (QED) is 0.775. The normalized spacial score (nSPS) is 16.2. The Morgan fingerprint density at radius 1 is 0.962 bits per heavy atom. The van der Waals surface area contributed by atoms with Crippen LogP contribution in [-0.4, -0.2) is 62.5 Å². The topological polar surface area (TPSA) is 65.9 Å². The van der Waals surface area contributed by atoms with Gasteiger partial charge in [-0.1, -0.05) is 18.2 Å². The molecule has 1 fully saturated rings. The van der Waals surface area contributed by atoms with E-state index in [1.165, 1.54) is 42.7 Å². The van der Waals surface area contributed by atoms with Crippen LogP contribution in [0.2, 0.25) is 0 Å². The second kappa shape index (κ2) is 7.61. The zero-order valence-electron chi connectivity index (χ0n) is 15.1. The number of piperazine rings is 1. The summed E-state index contributed by atoms with van der Waals surface area (Å²) in [5, 5.41) is 0. The van der Waals surface area contributed by atoms with E-state index in [9.17, 15) is 13.2 Å². The Hall–Kier alpha value is -2.16. The highest BCUT2D eigenvalue weighted by molar-refractivity contribution is 7.89. The van der Waals surface area contributed by atoms with Gasteiger partial charge in [0.05, 0.1) is 11.6 Å². The van der Waals surface area contributed by atoms with Crippen molar-refractivity contribution < 1.29 is 8.42 Å². The largest absolute Gasteiger partial charge is 0.369 e. The van der Waals surface area contributed by atoms with E-state index in [1.807, 2.05) is 18.2 Å². The molecular formula is C18H24N4O3S. The van der Waals surface area contributed by atoms with Crippen LogP contribution >= 0.6 is 0 Å². The van der Waals surface area contributed by atoms with Crippen LogP contribution < -0.4 is 10.5 Å². The van der Waals surface area contributed by atoms with Gasteiger partial charge in [0, 0.05) is 58.2 Å². The number of benzene rings is 1. The molecule has 0 spiro atoms. The number of hydrogen-bond donors (Lipinski definition) is 0. The molecule has 1 aromatic heterocycles. The maximum atomic E-state index is 12.3. The van der Waals surface area contributed by atoms with E-state index in [1.54, 1.807) is 0 Å². The van der Waals surface area contributed by atoms with Crippen molar-refractivity contribution in [2.24, 2.45) is 0 Å². The Labute approximate surface area is 154 Å². The van der Waals surface area contributed by atoms with Gasteiger partial charge in [-0.15, -0.1) is 0 Å². The van der Waals surface area contributed by atoms with Crippen LogP contribution in [0, 0.1) is 0 Å². The van der Waals surface area contributed by atoms with Crippen LogP contribution in [0.3, 0.4) is 0 Å². The van der Waals surface area contributed by atoms with E-state index in [-0.39, 0.29) is 10.5 Å². The first-order valence-electron chi connectivity index (χ1n) is 8.53.